The molecule has 1 saturated heterocycles. The van der Waals surface area contributed by atoms with E-state index in [1.54, 1.807) is 11.0 Å². The summed E-state index contributed by atoms with van der Waals surface area (Å²) in [7, 11) is 0. The van der Waals surface area contributed by atoms with E-state index in [1.165, 1.54) is 0 Å². The highest BCUT2D eigenvalue weighted by Crippen LogP contribution is 2.22. The molecule has 1 aliphatic rings. The Hall–Kier alpha value is -2.09. The molecule has 1 aromatic rings. The summed E-state index contributed by atoms with van der Waals surface area (Å²) in [5.74, 6) is 0.0769. The van der Waals surface area contributed by atoms with Crippen molar-refractivity contribution in [2.75, 3.05) is 25.0 Å². The number of amides is 2. The summed E-state index contributed by atoms with van der Waals surface area (Å²) < 4.78 is 5.43. The fourth-order valence-electron chi connectivity index (χ4n) is 2.90. The standard InChI is InChI=1S/C19H30ClN5O3/c1-12(2)22-17(26)16-14(10-15(20)23-24-16)21-11-13-6-8-25(9-7-13)18(27)28-19(3,4)5/h10,12-13H,6-9,11H2,1-5H3,(H,21,23)(H,22,26). The molecule has 0 aliphatic carbocycles. The minimum Gasteiger partial charge on any atom is -0.444 e. The van der Waals surface area contributed by atoms with Crippen LogP contribution in [-0.2, 0) is 4.74 Å². The van der Waals surface area contributed by atoms with Gasteiger partial charge in [0.15, 0.2) is 10.8 Å². The lowest BCUT2D eigenvalue weighted by molar-refractivity contribution is 0.0188. The molecule has 2 amide bonds. The van der Waals surface area contributed by atoms with Gasteiger partial charge in [0, 0.05) is 31.7 Å². The molecular formula is C19H30ClN5O3. The van der Waals surface area contributed by atoms with E-state index in [4.69, 9.17) is 16.3 Å². The van der Waals surface area contributed by atoms with E-state index in [1.807, 2.05) is 34.6 Å². The summed E-state index contributed by atoms with van der Waals surface area (Å²) in [5, 5.41) is 14.0. The van der Waals surface area contributed by atoms with Crippen LogP contribution in [0, 0.1) is 5.92 Å². The molecular weight excluding hydrogens is 382 g/mol. The van der Waals surface area contributed by atoms with Gasteiger partial charge in [-0.3, -0.25) is 4.79 Å². The van der Waals surface area contributed by atoms with E-state index in [2.05, 4.69) is 20.8 Å². The molecule has 1 aliphatic heterocycles. The smallest absolute Gasteiger partial charge is 0.410 e. The zero-order valence-electron chi connectivity index (χ0n) is 17.2. The Morgan fingerprint density at radius 3 is 2.50 bits per heavy atom. The van der Waals surface area contributed by atoms with Crippen molar-refractivity contribution in [2.45, 2.75) is 59.1 Å². The minimum absolute atomic E-state index is 0.00462. The second-order valence-electron chi connectivity index (χ2n) is 8.35. The Morgan fingerprint density at radius 2 is 1.93 bits per heavy atom. The third-order valence-corrected chi connectivity index (χ3v) is 4.43. The van der Waals surface area contributed by atoms with Crippen LogP contribution < -0.4 is 10.6 Å². The predicted octanol–water partition coefficient (Wildman–Crippen LogP) is 3.33. The number of piperidine rings is 1. The number of anilines is 1. The average molecular weight is 412 g/mol. The first-order valence-corrected chi connectivity index (χ1v) is 9.99. The SMILES string of the molecule is CC(C)NC(=O)c1nnc(Cl)cc1NCC1CCN(C(=O)OC(C)(C)C)CC1. The molecule has 8 nitrogen and oxygen atoms in total. The van der Waals surface area contributed by atoms with Crippen LogP contribution in [0.25, 0.3) is 0 Å². The summed E-state index contributed by atoms with van der Waals surface area (Å²) in [6.07, 6.45) is 1.44. The van der Waals surface area contributed by atoms with Gasteiger partial charge in [0.2, 0.25) is 0 Å². The van der Waals surface area contributed by atoms with Crippen LogP contribution >= 0.6 is 11.6 Å². The lowest BCUT2D eigenvalue weighted by Crippen LogP contribution is -2.42. The first-order chi connectivity index (χ1) is 13.0. The van der Waals surface area contributed by atoms with E-state index in [-0.39, 0.29) is 28.9 Å². The number of nitrogens with zero attached hydrogens (tertiary/aromatic N) is 3. The highest BCUT2D eigenvalue weighted by molar-refractivity contribution is 6.29. The maximum Gasteiger partial charge on any atom is 0.410 e. The third-order valence-electron chi connectivity index (χ3n) is 4.25. The number of hydrogen-bond donors (Lipinski definition) is 2. The third kappa shape index (κ3) is 6.82. The molecule has 0 saturated carbocycles. The molecule has 28 heavy (non-hydrogen) atoms. The Bertz CT molecular complexity index is 697. The molecule has 1 aromatic heterocycles. The summed E-state index contributed by atoms with van der Waals surface area (Å²) in [6, 6.07) is 1.61. The number of likely N-dealkylation sites (tertiary alicyclic amines) is 1. The highest BCUT2D eigenvalue weighted by atomic mass is 35.5. The van der Waals surface area contributed by atoms with Crippen molar-refractivity contribution in [1.82, 2.24) is 20.4 Å². The van der Waals surface area contributed by atoms with Gasteiger partial charge in [0.05, 0.1) is 5.69 Å². The Morgan fingerprint density at radius 1 is 1.29 bits per heavy atom. The van der Waals surface area contributed by atoms with Crippen molar-refractivity contribution < 1.29 is 14.3 Å². The molecule has 0 radical (unpaired) electrons. The van der Waals surface area contributed by atoms with Crippen molar-refractivity contribution >= 4 is 29.3 Å². The number of nitrogens with one attached hydrogen (secondary N) is 2. The zero-order chi connectivity index (χ0) is 20.9. The molecule has 2 N–H and O–H groups in total. The molecule has 0 atom stereocenters. The number of rotatable bonds is 5. The zero-order valence-corrected chi connectivity index (χ0v) is 18.0. The first kappa shape index (κ1) is 22.2. The van der Waals surface area contributed by atoms with Crippen LogP contribution in [0.1, 0.15) is 57.9 Å². The molecule has 0 unspecified atom stereocenters. The van der Waals surface area contributed by atoms with Gasteiger partial charge < -0.3 is 20.3 Å². The van der Waals surface area contributed by atoms with E-state index >= 15 is 0 Å². The van der Waals surface area contributed by atoms with Crippen LogP contribution in [0.3, 0.4) is 0 Å². The van der Waals surface area contributed by atoms with E-state index in [0.29, 0.717) is 31.2 Å². The van der Waals surface area contributed by atoms with E-state index in [9.17, 15) is 9.59 Å². The summed E-state index contributed by atoms with van der Waals surface area (Å²) >= 11 is 5.95. The second kappa shape index (κ2) is 9.41. The van der Waals surface area contributed by atoms with Gasteiger partial charge in [-0.15, -0.1) is 10.2 Å². The van der Waals surface area contributed by atoms with Gasteiger partial charge in [-0.1, -0.05) is 11.6 Å². The number of halogens is 1. The van der Waals surface area contributed by atoms with Crippen molar-refractivity contribution in [3.8, 4) is 0 Å². The Kier molecular flexibility index (Phi) is 7.46. The first-order valence-electron chi connectivity index (χ1n) is 9.61. The van der Waals surface area contributed by atoms with Gasteiger partial charge >= 0.3 is 6.09 Å². The van der Waals surface area contributed by atoms with Gasteiger partial charge in [0.1, 0.15) is 5.60 Å². The minimum atomic E-state index is -0.490. The number of hydrogen-bond acceptors (Lipinski definition) is 6. The van der Waals surface area contributed by atoms with E-state index < -0.39 is 5.60 Å². The fraction of sp³-hybridized carbons (Fsp3) is 0.684. The number of ether oxygens (including phenoxy) is 1. The molecule has 0 aromatic carbocycles. The molecule has 2 rings (SSSR count). The fourth-order valence-corrected chi connectivity index (χ4v) is 3.05. The average Bonchev–Trinajstić information content (AvgIpc) is 2.58. The van der Waals surface area contributed by atoms with Gasteiger partial charge in [-0.05, 0) is 53.4 Å². The normalized spacial score (nSPS) is 15.5. The molecule has 0 spiro atoms. The van der Waals surface area contributed by atoms with Gasteiger partial charge in [-0.25, -0.2) is 4.79 Å². The van der Waals surface area contributed by atoms with Crippen LogP contribution in [0.4, 0.5) is 10.5 Å². The molecule has 0 bridgehead atoms. The maximum absolute atomic E-state index is 12.3. The Labute approximate surface area is 171 Å². The lowest BCUT2D eigenvalue weighted by Gasteiger charge is -2.33. The van der Waals surface area contributed by atoms with Crippen molar-refractivity contribution in [3.05, 3.63) is 16.9 Å². The van der Waals surface area contributed by atoms with Gasteiger partial charge in [0.25, 0.3) is 5.91 Å². The number of carbonyl (C=O) groups is 2. The topological polar surface area (TPSA) is 96.5 Å². The largest absolute Gasteiger partial charge is 0.444 e. The highest BCUT2D eigenvalue weighted by Gasteiger charge is 2.27. The van der Waals surface area contributed by atoms with E-state index in [0.717, 1.165) is 12.8 Å². The van der Waals surface area contributed by atoms with Crippen LogP contribution in [0.15, 0.2) is 6.07 Å². The van der Waals surface area contributed by atoms with Crippen molar-refractivity contribution in [1.29, 1.82) is 0 Å². The van der Waals surface area contributed by atoms with Crippen LogP contribution in [0.2, 0.25) is 5.15 Å². The Balaban J connectivity index is 1.91. The summed E-state index contributed by atoms with van der Waals surface area (Å²) in [4.78, 5) is 26.2. The summed E-state index contributed by atoms with van der Waals surface area (Å²) in [5.41, 5.74) is 0.299. The van der Waals surface area contributed by atoms with Crippen molar-refractivity contribution in [3.63, 3.8) is 0 Å². The monoisotopic (exact) mass is 411 g/mol. The van der Waals surface area contributed by atoms with Crippen LogP contribution in [-0.4, -0.2) is 58.4 Å². The molecule has 156 valence electrons. The van der Waals surface area contributed by atoms with Crippen molar-refractivity contribution in [2.24, 2.45) is 5.92 Å². The second-order valence-corrected chi connectivity index (χ2v) is 8.74. The number of carbonyl (C=O) groups excluding carboxylic acids is 2. The molecule has 2 heterocycles. The quantitative estimate of drug-likeness (QED) is 0.771. The predicted molar refractivity (Wildman–Crippen MR) is 109 cm³/mol. The molecule has 1 fully saturated rings. The number of aromatic nitrogens is 2. The molecule has 9 heteroatoms. The summed E-state index contributed by atoms with van der Waals surface area (Å²) in [6.45, 7) is 11.3. The lowest BCUT2D eigenvalue weighted by atomic mass is 9.97. The van der Waals surface area contributed by atoms with Gasteiger partial charge in [-0.2, -0.15) is 0 Å². The van der Waals surface area contributed by atoms with Crippen LogP contribution in [0.5, 0.6) is 0 Å². The maximum atomic E-state index is 12.3.